The van der Waals surface area contributed by atoms with Crippen molar-refractivity contribution in [2.75, 3.05) is 0 Å². The zero-order chi connectivity index (χ0) is 13.0. The first-order chi connectivity index (χ1) is 9.20. The van der Waals surface area contributed by atoms with Gasteiger partial charge in [-0.2, -0.15) is 0 Å². The molecule has 0 amide bonds. The maximum Gasteiger partial charge on any atom is 0.125 e. The van der Waals surface area contributed by atoms with Crippen LogP contribution in [0.2, 0.25) is 0 Å². The molecule has 19 heavy (non-hydrogen) atoms. The number of piperidine rings is 1. The van der Waals surface area contributed by atoms with E-state index in [9.17, 15) is 4.39 Å². The summed E-state index contributed by atoms with van der Waals surface area (Å²) in [6.45, 7) is 2.03. The molecular formula is C15H18FN3. The summed E-state index contributed by atoms with van der Waals surface area (Å²) in [4.78, 5) is 4.52. The lowest BCUT2D eigenvalue weighted by Crippen LogP contribution is -2.39. The number of nitrogens with zero attached hydrogens (tertiary/aromatic N) is 2. The summed E-state index contributed by atoms with van der Waals surface area (Å²) in [6.07, 6.45) is 4.92. The SMILES string of the molecule is Cc1nc2cc(F)ccc2n1C1C[C@H]2CC[C@@H](C1)N2. The van der Waals surface area contributed by atoms with E-state index < -0.39 is 0 Å². The number of imidazole rings is 1. The molecule has 2 aliphatic heterocycles. The molecule has 3 nitrogen and oxygen atoms in total. The summed E-state index contributed by atoms with van der Waals surface area (Å²) >= 11 is 0. The van der Waals surface area contributed by atoms with Gasteiger partial charge in [0.05, 0.1) is 11.0 Å². The number of rotatable bonds is 1. The normalized spacial score (nSPS) is 30.1. The summed E-state index contributed by atoms with van der Waals surface area (Å²) in [5.74, 6) is 0.800. The Balaban J connectivity index is 1.80. The quantitative estimate of drug-likeness (QED) is 0.853. The zero-order valence-corrected chi connectivity index (χ0v) is 11.1. The van der Waals surface area contributed by atoms with E-state index in [2.05, 4.69) is 14.9 Å². The van der Waals surface area contributed by atoms with Crippen LogP contribution in [0.3, 0.4) is 0 Å². The van der Waals surface area contributed by atoms with E-state index >= 15 is 0 Å². The van der Waals surface area contributed by atoms with Gasteiger partial charge in [0.25, 0.3) is 0 Å². The topological polar surface area (TPSA) is 29.9 Å². The average molecular weight is 259 g/mol. The van der Waals surface area contributed by atoms with Crippen LogP contribution in [0.25, 0.3) is 11.0 Å². The fourth-order valence-electron chi connectivity index (χ4n) is 3.89. The fourth-order valence-corrected chi connectivity index (χ4v) is 3.89. The van der Waals surface area contributed by atoms with Crippen molar-refractivity contribution in [2.45, 2.75) is 50.7 Å². The van der Waals surface area contributed by atoms with E-state index in [4.69, 9.17) is 0 Å². The average Bonchev–Trinajstić information content (AvgIpc) is 2.88. The molecule has 2 aromatic rings. The van der Waals surface area contributed by atoms with Crippen molar-refractivity contribution in [3.63, 3.8) is 0 Å². The van der Waals surface area contributed by atoms with Gasteiger partial charge in [0.2, 0.25) is 0 Å². The van der Waals surface area contributed by atoms with Crippen molar-refractivity contribution in [1.29, 1.82) is 0 Å². The fraction of sp³-hybridized carbons (Fsp3) is 0.533. The number of nitrogens with one attached hydrogen (secondary N) is 1. The van der Waals surface area contributed by atoms with E-state index in [1.54, 1.807) is 0 Å². The van der Waals surface area contributed by atoms with Gasteiger partial charge in [-0.25, -0.2) is 9.37 Å². The predicted molar refractivity (Wildman–Crippen MR) is 72.6 cm³/mol. The second kappa shape index (κ2) is 4.04. The molecule has 1 unspecified atom stereocenters. The largest absolute Gasteiger partial charge is 0.325 e. The van der Waals surface area contributed by atoms with Crippen molar-refractivity contribution in [3.8, 4) is 0 Å². The molecule has 0 spiro atoms. The summed E-state index contributed by atoms with van der Waals surface area (Å²) in [5, 5.41) is 3.67. The lowest BCUT2D eigenvalue weighted by atomic mass is 9.99. The molecule has 2 saturated heterocycles. The van der Waals surface area contributed by atoms with Crippen LogP contribution in [0.15, 0.2) is 18.2 Å². The Hall–Kier alpha value is -1.42. The van der Waals surface area contributed by atoms with Crippen LogP contribution in [-0.2, 0) is 0 Å². The van der Waals surface area contributed by atoms with E-state index in [1.165, 1.54) is 37.8 Å². The van der Waals surface area contributed by atoms with Crippen molar-refractivity contribution in [3.05, 3.63) is 29.8 Å². The highest BCUT2D eigenvalue weighted by Crippen LogP contribution is 2.36. The van der Waals surface area contributed by atoms with Crippen LogP contribution in [0.5, 0.6) is 0 Å². The minimum absolute atomic E-state index is 0.206. The second-order valence-electron chi connectivity index (χ2n) is 5.93. The maximum atomic E-state index is 13.3. The predicted octanol–water partition coefficient (Wildman–Crippen LogP) is 2.94. The molecule has 3 heterocycles. The van der Waals surface area contributed by atoms with Crippen LogP contribution < -0.4 is 5.32 Å². The van der Waals surface area contributed by atoms with Crippen LogP contribution in [0.4, 0.5) is 4.39 Å². The number of hydrogen-bond donors (Lipinski definition) is 1. The van der Waals surface area contributed by atoms with Gasteiger partial charge in [0.1, 0.15) is 11.6 Å². The zero-order valence-electron chi connectivity index (χ0n) is 11.1. The van der Waals surface area contributed by atoms with Crippen LogP contribution in [-0.4, -0.2) is 21.6 Å². The first-order valence-electron chi connectivity index (χ1n) is 7.11. The van der Waals surface area contributed by atoms with Gasteiger partial charge in [-0.3, -0.25) is 0 Å². The number of halogens is 1. The van der Waals surface area contributed by atoms with Gasteiger partial charge in [0.15, 0.2) is 0 Å². The third-order valence-corrected chi connectivity index (χ3v) is 4.64. The van der Waals surface area contributed by atoms with Gasteiger partial charge >= 0.3 is 0 Å². The van der Waals surface area contributed by atoms with E-state index in [1.807, 2.05) is 13.0 Å². The Kier molecular flexibility index (Phi) is 2.42. The van der Waals surface area contributed by atoms with E-state index in [-0.39, 0.29) is 5.82 Å². The summed E-state index contributed by atoms with van der Waals surface area (Å²) < 4.78 is 15.6. The van der Waals surface area contributed by atoms with Crippen LogP contribution in [0, 0.1) is 12.7 Å². The molecule has 4 rings (SSSR count). The highest BCUT2D eigenvalue weighted by molar-refractivity contribution is 5.76. The third-order valence-electron chi connectivity index (χ3n) is 4.64. The summed E-state index contributed by atoms with van der Waals surface area (Å²) in [7, 11) is 0. The minimum atomic E-state index is -0.206. The van der Waals surface area contributed by atoms with Gasteiger partial charge in [-0.1, -0.05) is 0 Å². The number of aryl methyl sites for hydroxylation is 1. The van der Waals surface area contributed by atoms with E-state index in [0.29, 0.717) is 18.1 Å². The first-order valence-corrected chi connectivity index (χ1v) is 7.11. The maximum absolute atomic E-state index is 13.3. The Bertz CT molecular complexity index is 622. The molecule has 100 valence electrons. The molecule has 2 aliphatic rings. The van der Waals surface area contributed by atoms with Crippen molar-refractivity contribution in [2.24, 2.45) is 0 Å². The van der Waals surface area contributed by atoms with Crippen molar-refractivity contribution >= 4 is 11.0 Å². The lowest BCUT2D eigenvalue weighted by Gasteiger charge is -2.31. The van der Waals surface area contributed by atoms with Gasteiger partial charge < -0.3 is 9.88 Å². The molecular weight excluding hydrogens is 241 g/mol. The Morgan fingerprint density at radius 3 is 2.74 bits per heavy atom. The number of fused-ring (bicyclic) bond motifs is 3. The summed E-state index contributed by atoms with van der Waals surface area (Å²) in [5.41, 5.74) is 1.86. The lowest BCUT2D eigenvalue weighted by molar-refractivity contribution is 0.300. The molecule has 1 aromatic heterocycles. The summed E-state index contributed by atoms with van der Waals surface area (Å²) in [6, 6.07) is 6.76. The molecule has 4 heteroatoms. The van der Waals surface area contributed by atoms with Gasteiger partial charge in [-0.15, -0.1) is 0 Å². The third kappa shape index (κ3) is 1.77. The Morgan fingerprint density at radius 1 is 1.26 bits per heavy atom. The second-order valence-corrected chi connectivity index (χ2v) is 5.93. The van der Waals surface area contributed by atoms with Crippen LogP contribution in [0.1, 0.15) is 37.5 Å². The molecule has 2 bridgehead atoms. The smallest absolute Gasteiger partial charge is 0.125 e. The Morgan fingerprint density at radius 2 is 2.00 bits per heavy atom. The molecule has 3 atom stereocenters. The molecule has 1 aromatic carbocycles. The minimum Gasteiger partial charge on any atom is -0.325 e. The molecule has 1 N–H and O–H groups in total. The highest BCUT2D eigenvalue weighted by Gasteiger charge is 2.35. The molecule has 0 radical (unpaired) electrons. The molecule has 2 fully saturated rings. The van der Waals surface area contributed by atoms with Gasteiger partial charge in [-0.05, 0) is 44.7 Å². The first kappa shape index (κ1) is 11.4. The number of benzene rings is 1. The van der Waals surface area contributed by atoms with Crippen molar-refractivity contribution in [1.82, 2.24) is 14.9 Å². The standard InChI is InChI=1S/C15H18FN3/c1-9-17-14-6-10(16)2-5-15(14)19(9)13-7-11-3-4-12(8-13)18-11/h2,5-6,11-13,18H,3-4,7-8H2,1H3/t11-,12+,13?. The number of hydrogen-bond acceptors (Lipinski definition) is 2. The highest BCUT2D eigenvalue weighted by atomic mass is 19.1. The number of aromatic nitrogens is 2. The van der Waals surface area contributed by atoms with Crippen LogP contribution >= 0.6 is 0 Å². The molecule has 0 saturated carbocycles. The molecule has 0 aliphatic carbocycles. The Labute approximate surface area is 111 Å². The monoisotopic (exact) mass is 259 g/mol. The van der Waals surface area contributed by atoms with Crippen molar-refractivity contribution < 1.29 is 4.39 Å². The van der Waals surface area contributed by atoms with E-state index in [0.717, 1.165) is 16.9 Å². The van der Waals surface area contributed by atoms with Gasteiger partial charge in [0, 0.05) is 24.2 Å².